The molecule has 0 spiro atoms. The quantitative estimate of drug-likeness (QED) is 0.410. The summed E-state index contributed by atoms with van der Waals surface area (Å²) in [4.78, 5) is 39.2. The Labute approximate surface area is 228 Å². The number of Topliss-reactive ketones (excluding diaryl/α,β-unsaturated/α-hetero) is 1. The lowest BCUT2D eigenvalue weighted by molar-refractivity contribution is -0.385. The van der Waals surface area contributed by atoms with Gasteiger partial charge in [-0.25, -0.2) is 4.79 Å². The lowest BCUT2D eigenvalue weighted by Crippen LogP contribution is -2.42. The Hall–Kier alpha value is -4.83. The normalized spacial score (nSPS) is 20.9. The zero-order chi connectivity index (χ0) is 28.4. The van der Waals surface area contributed by atoms with E-state index in [0.717, 1.165) is 0 Å². The Bertz CT molecular complexity index is 1450. The van der Waals surface area contributed by atoms with Gasteiger partial charge in [0.25, 0.3) is 5.75 Å². The van der Waals surface area contributed by atoms with Gasteiger partial charge in [-0.15, -0.1) is 0 Å². The molecule has 5 rings (SSSR count). The fourth-order valence-electron chi connectivity index (χ4n) is 5.14. The lowest BCUT2D eigenvalue weighted by atomic mass is 9.74. The zero-order valence-electron chi connectivity index (χ0n) is 21.6. The number of nitrogens with two attached hydrogens (primary N) is 1. The number of nitro benzene ring substituents is 1. The summed E-state index contributed by atoms with van der Waals surface area (Å²) in [5.74, 6) is -1.46. The largest absolute Gasteiger partial charge is 0.490 e. The van der Waals surface area contributed by atoms with Crippen molar-refractivity contribution in [3.05, 3.63) is 74.8 Å². The summed E-state index contributed by atoms with van der Waals surface area (Å²) >= 11 is 0. The summed E-state index contributed by atoms with van der Waals surface area (Å²) in [5.41, 5.74) is 5.87. The van der Waals surface area contributed by atoms with Crippen LogP contribution in [0.2, 0.25) is 0 Å². The number of nitro groups is 1. The summed E-state index contributed by atoms with van der Waals surface area (Å²) < 4.78 is 27.6. The number of amides is 1. The fourth-order valence-corrected chi connectivity index (χ4v) is 5.14. The van der Waals surface area contributed by atoms with Gasteiger partial charge >= 0.3 is 11.8 Å². The van der Waals surface area contributed by atoms with E-state index in [-0.39, 0.29) is 84.1 Å². The molecule has 2 aromatic rings. The molecule has 1 amide bonds. The third kappa shape index (κ3) is 4.96. The smallest absolute Gasteiger partial charge is 0.415 e. The second kappa shape index (κ2) is 11.1. The lowest BCUT2D eigenvalue weighted by Gasteiger charge is -2.33. The number of benzene rings is 1. The Balaban J connectivity index is 1.60. The number of nitriles is 1. The minimum atomic E-state index is -1.05. The van der Waals surface area contributed by atoms with Crippen LogP contribution in [-0.2, 0) is 14.3 Å². The van der Waals surface area contributed by atoms with Crippen LogP contribution in [0.4, 0.5) is 10.5 Å². The highest BCUT2D eigenvalue weighted by Crippen LogP contribution is 2.49. The predicted molar refractivity (Wildman–Crippen MR) is 136 cm³/mol. The first-order valence-electron chi connectivity index (χ1n) is 12.7. The first-order valence-corrected chi connectivity index (χ1v) is 12.7. The standard InChI is InChI=1S/C27H26N4O9/c1-2-37-22-13-16(10-18(31(34)35)25(22)40-27(33)30-5-8-36-9-6-30)23-17(14-28)26(29)39-21-12-15(11-19(32)24(21)23)20-4-3-7-38-20/h3-4,7,10,13,15,23H,2,5-6,8-9,11-12,29H2,1H3. The van der Waals surface area contributed by atoms with Crippen molar-refractivity contribution in [2.75, 3.05) is 32.9 Å². The average Bonchev–Trinajstić information content (AvgIpc) is 3.49. The fraction of sp³-hybridized carbons (Fsp3) is 0.370. The van der Waals surface area contributed by atoms with Crippen LogP contribution in [0.5, 0.6) is 11.5 Å². The molecular formula is C27H26N4O9. The Morgan fingerprint density at radius 1 is 1.30 bits per heavy atom. The number of morpholine rings is 1. The molecule has 1 fully saturated rings. The Kier molecular flexibility index (Phi) is 7.43. The third-order valence-electron chi connectivity index (χ3n) is 6.95. The van der Waals surface area contributed by atoms with Gasteiger partial charge in [-0.1, -0.05) is 0 Å². The van der Waals surface area contributed by atoms with E-state index in [1.165, 1.54) is 23.3 Å². The van der Waals surface area contributed by atoms with Crippen molar-refractivity contribution in [3.8, 4) is 17.6 Å². The van der Waals surface area contributed by atoms with Crippen molar-refractivity contribution in [2.24, 2.45) is 5.73 Å². The number of furan rings is 1. The second-order valence-corrected chi connectivity index (χ2v) is 9.33. The third-order valence-corrected chi connectivity index (χ3v) is 6.95. The number of rotatable bonds is 6. The molecule has 2 unspecified atom stereocenters. The summed E-state index contributed by atoms with van der Waals surface area (Å²) in [7, 11) is 0. The molecule has 0 saturated carbocycles. The molecule has 1 aromatic heterocycles. The molecule has 1 saturated heterocycles. The van der Waals surface area contributed by atoms with Crippen LogP contribution in [0.25, 0.3) is 0 Å². The van der Waals surface area contributed by atoms with Gasteiger partial charge in [0, 0.05) is 43.5 Å². The molecule has 2 N–H and O–H groups in total. The Morgan fingerprint density at radius 2 is 2.08 bits per heavy atom. The SMILES string of the molecule is CCOc1cc(C2C(C#N)=C(N)OC3=C2C(=O)CC(c2ccco2)C3)cc([N+](=O)[O-])c1OC(=O)N1CCOCC1. The highest BCUT2D eigenvalue weighted by molar-refractivity contribution is 6.00. The molecule has 208 valence electrons. The van der Waals surface area contributed by atoms with Crippen LogP contribution in [0.15, 0.2) is 57.7 Å². The van der Waals surface area contributed by atoms with E-state index in [1.54, 1.807) is 19.1 Å². The first-order chi connectivity index (χ1) is 19.3. The van der Waals surface area contributed by atoms with Crippen molar-refractivity contribution < 1.29 is 37.9 Å². The molecular weight excluding hydrogens is 524 g/mol. The maximum absolute atomic E-state index is 13.5. The minimum absolute atomic E-state index is 0.0710. The summed E-state index contributed by atoms with van der Waals surface area (Å²) in [5, 5.41) is 22.2. The zero-order valence-corrected chi connectivity index (χ0v) is 21.6. The number of ketones is 1. The van der Waals surface area contributed by atoms with Crippen molar-refractivity contribution in [3.63, 3.8) is 0 Å². The molecule has 2 aliphatic heterocycles. The van der Waals surface area contributed by atoms with Crippen LogP contribution in [-0.4, -0.2) is 54.6 Å². The number of nitrogens with zero attached hydrogens (tertiary/aromatic N) is 3. The van der Waals surface area contributed by atoms with Gasteiger partial charge in [0.2, 0.25) is 5.88 Å². The molecule has 13 heteroatoms. The van der Waals surface area contributed by atoms with Gasteiger partial charge in [-0.05, 0) is 30.7 Å². The van der Waals surface area contributed by atoms with Gasteiger partial charge in [0.15, 0.2) is 11.5 Å². The van der Waals surface area contributed by atoms with E-state index in [1.807, 2.05) is 6.07 Å². The van der Waals surface area contributed by atoms with Gasteiger partial charge in [0.1, 0.15) is 23.2 Å². The van der Waals surface area contributed by atoms with E-state index in [4.69, 9.17) is 29.1 Å². The van der Waals surface area contributed by atoms with Gasteiger partial charge < -0.3 is 34.0 Å². The van der Waals surface area contributed by atoms with Crippen LogP contribution < -0.4 is 15.2 Å². The molecule has 1 aliphatic carbocycles. The van der Waals surface area contributed by atoms with Gasteiger partial charge in [0.05, 0.1) is 36.9 Å². The second-order valence-electron chi connectivity index (χ2n) is 9.33. The van der Waals surface area contributed by atoms with E-state index < -0.39 is 22.6 Å². The Morgan fingerprint density at radius 3 is 2.73 bits per heavy atom. The molecule has 40 heavy (non-hydrogen) atoms. The number of ether oxygens (including phenoxy) is 4. The predicted octanol–water partition coefficient (Wildman–Crippen LogP) is 3.63. The number of carbonyl (C=O) groups is 2. The van der Waals surface area contributed by atoms with E-state index in [2.05, 4.69) is 0 Å². The summed E-state index contributed by atoms with van der Waals surface area (Å²) in [6, 6.07) is 8.07. The maximum Gasteiger partial charge on any atom is 0.415 e. The average molecular weight is 551 g/mol. The van der Waals surface area contributed by atoms with E-state index in [0.29, 0.717) is 19.0 Å². The molecule has 13 nitrogen and oxygen atoms in total. The summed E-state index contributed by atoms with van der Waals surface area (Å²) in [6.45, 7) is 2.93. The topological polar surface area (TPSA) is 180 Å². The van der Waals surface area contributed by atoms with Crippen molar-refractivity contribution in [1.82, 2.24) is 4.90 Å². The number of hydrogen-bond donors (Lipinski definition) is 1. The minimum Gasteiger partial charge on any atom is -0.490 e. The molecule has 0 bridgehead atoms. The van der Waals surface area contributed by atoms with Crippen LogP contribution >= 0.6 is 0 Å². The van der Waals surface area contributed by atoms with E-state index >= 15 is 0 Å². The van der Waals surface area contributed by atoms with Gasteiger partial charge in [-0.3, -0.25) is 14.9 Å². The molecule has 3 heterocycles. The number of hydrogen-bond acceptors (Lipinski definition) is 11. The molecule has 3 aliphatic rings. The molecule has 1 aromatic carbocycles. The van der Waals surface area contributed by atoms with Crippen LogP contribution in [0.3, 0.4) is 0 Å². The first kappa shape index (κ1) is 26.8. The van der Waals surface area contributed by atoms with Crippen molar-refractivity contribution >= 4 is 17.6 Å². The van der Waals surface area contributed by atoms with Crippen molar-refractivity contribution in [2.45, 2.75) is 31.6 Å². The highest BCUT2D eigenvalue weighted by Gasteiger charge is 2.43. The molecule has 0 radical (unpaired) electrons. The number of carbonyl (C=O) groups excluding carboxylic acids is 2. The van der Waals surface area contributed by atoms with Crippen LogP contribution in [0, 0.1) is 21.4 Å². The van der Waals surface area contributed by atoms with Crippen molar-refractivity contribution in [1.29, 1.82) is 5.26 Å². The maximum atomic E-state index is 13.5. The monoisotopic (exact) mass is 550 g/mol. The van der Waals surface area contributed by atoms with E-state index in [9.17, 15) is 25.0 Å². The summed E-state index contributed by atoms with van der Waals surface area (Å²) in [6.07, 6.45) is 1.09. The highest BCUT2D eigenvalue weighted by atomic mass is 16.6. The van der Waals surface area contributed by atoms with Gasteiger partial charge in [-0.2, -0.15) is 5.26 Å². The van der Waals surface area contributed by atoms with Crippen LogP contribution in [0.1, 0.15) is 42.9 Å². The number of allylic oxidation sites excluding steroid dienone is 3. The molecule has 2 atom stereocenters.